The molecule has 1 aromatic carbocycles. The summed E-state index contributed by atoms with van der Waals surface area (Å²) in [5, 5.41) is 13.9. The van der Waals surface area contributed by atoms with Gasteiger partial charge in [-0.05, 0) is 49.9 Å². The summed E-state index contributed by atoms with van der Waals surface area (Å²) in [5.74, 6) is 0.232. The lowest BCUT2D eigenvalue weighted by atomic mass is 9.82. The summed E-state index contributed by atoms with van der Waals surface area (Å²) < 4.78 is 6.55. The third-order valence-electron chi connectivity index (χ3n) is 7.01. The molecular weight excluding hydrogens is 400 g/mol. The van der Waals surface area contributed by atoms with Crippen molar-refractivity contribution in [3.8, 4) is 0 Å². The van der Waals surface area contributed by atoms with Crippen LogP contribution < -0.4 is 11.1 Å². The highest BCUT2D eigenvalue weighted by Gasteiger charge is 2.42. The van der Waals surface area contributed by atoms with Gasteiger partial charge in [-0.1, -0.05) is 57.2 Å². The molecule has 0 spiro atoms. The van der Waals surface area contributed by atoms with E-state index in [0.717, 1.165) is 29.5 Å². The first-order chi connectivity index (χ1) is 15.2. The molecule has 6 unspecified atom stereocenters. The second-order valence-corrected chi connectivity index (χ2v) is 9.75. The number of ketones is 1. The second kappa shape index (κ2) is 10.1. The molecule has 32 heavy (non-hydrogen) atoms. The molecule has 2 aliphatic rings. The van der Waals surface area contributed by atoms with Gasteiger partial charge in [0.25, 0.3) is 0 Å². The monoisotopic (exact) mass is 438 g/mol. The van der Waals surface area contributed by atoms with Crippen molar-refractivity contribution in [3.05, 3.63) is 71.6 Å². The molecule has 0 aromatic heterocycles. The number of ether oxygens (including phenoxy) is 1. The van der Waals surface area contributed by atoms with Crippen molar-refractivity contribution in [1.82, 2.24) is 5.32 Å². The minimum absolute atomic E-state index is 0.0366. The Labute approximate surface area is 192 Å². The minimum atomic E-state index is -0.822. The van der Waals surface area contributed by atoms with Gasteiger partial charge in [0.2, 0.25) is 0 Å². The van der Waals surface area contributed by atoms with Crippen molar-refractivity contribution >= 4 is 5.78 Å². The third-order valence-corrected chi connectivity index (χ3v) is 7.01. The number of aliphatic hydroxyl groups is 1. The van der Waals surface area contributed by atoms with Crippen LogP contribution in [0.4, 0.5) is 0 Å². The van der Waals surface area contributed by atoms with Gasteiger partial charge >= 0.3 is 0 Å². The Morgan fingerprint density at radius 1 is 1.31 bits per heavy atom. The van der Waals surface area contributed by atoms with E-state index in [1.807, 2.05) is 71.2 Å². The quantitative estimate of drug-likeness (QED) is 0.406. The average Bonchev–Trinajstić information content (AvgIpc) is 3.21. The first-order valence-corrected chi connectivity index (χ1v) is 11.7. The van der Waals surface area contributed by atoms with Gasteiger partial charge in [-0.3, -0.25) is 4.79 Å². The highest BCUT2D eigenvalue weighted by atomic mass is 16.5. The van der Waals surface area contributed by atoms with Gasteiger partial charge in [0.05, 0.1) is 23.9 Å². The first kappa shape index (κ1) is 24.3. The maximum absolute atomic E-state index is 12.5. The van der Waals surface area contributed by atoms with Gasteiger partial charge < -0.3 is 20.9 Å². The number of nitrogens with two attached hydrogens (primary N) is 1. The first-order valence-electron chi connectivity index (χ1n) is 11.7. The Hall–Kier alpha value is -2.37. The number of Topliss-reactive ketones (excluding diaryl/α,β-unsaturated/α-hetero) is 1. The summed E-state index contributed by atoms with van der Waals surface area (Å²) in [6.07, 6.45) is 11.3. The summed E-state index contributed by atoms with van der Waals surface area (Å²) >= 11 is 0. The van der Waals surface area contributed by atoms with E-state index in [2.05, 4.69) is 17.5 Å². The molecule has 4 N–H and O–H groups in total. The van der Waals surface area contributed by atoms with E-state index in [0.29, 0.717) is 0 Å². The molecule has 0 amide bonds. The number of nitrogens with one attached hydrogen (secondary N) is 1. The molecule has 5 heteroatoms. The maximum Gasteiger partial charge on any atom is 0.165 e. The molecule has 2 heterocycles. The Bertz CT molecular complexity index is 879. The normalized spacial score (nSPS) is 27.8. The fourth-order valence-corrected chi connectivity index (χ4v) is 4.32. The molecule has 1 fully saturated rings. The van der Waals surface area contributed by atoms with Crippen LogP contribution in [0.2, 0.25) is 0 Å². The Morgan fingerprint density at radius 2 is 2.00 bits per heavy atom. The SMILES string of the molecule is CCC(C)C(=O)c1ccc(C2CC3NC=CC(C(/C=C\N)=C/C(C)C(C)(C)O)C3O2)cc1. The number of hydrogen-bond donors (Lipinski definition) is 3. The van der Waals surface area contributed by atoms with Crippen LogP contribution in [0.5, 0.6) is 0 Å². The lowest BCUT2D eigenvalue weighted by Gasteiger charge is -2.32. The van der Waals surface area contributed by atoms with Crippen LogP contribution >= 0.6 is 0 Å². The average molecular weight is 439 g/mol. The largest absolute Gasteiger partial charge is 0.405 e. The topological polar surface area (TPSA) is 84.6 Å². The van der Waals surface area contributed by atoms with E-state index in [9.17, 15) is 9.90 Å². The highest BCUT2D eigenvalue weighted by Crippen LogP contribution is 2.41. The zero-order valence-electron chi connectivity index (χ0n) is 19.9. The van der Waals surface area contributed by atoms with Crippen LogP contribution in [-0.4, -0.2) is 28.6 Å². The van der Waals surface area contributed by atoms with Gasteiger partial charge in [-0.15, -0.1) is 0 Å². The van der Waals surface area contributed by atoms with Gasteiger partial charge in [0, 0.05) is 29.7 Å². The fraction of sp³-hybridized carbons (Fsp3) is 0.519. The smallest absolute Gasteiger partial charge is 0.165 e. The van der Waals surface area contributed by atoms with Crippen molar-refractivity contribution < 1.29 is 14.6 Å². The number of hydrogen-bond acceptors (Lipinski definition) is 5. The molecular formula is C27H38N2O3. The van der Waals surface area contributed by atoms with E-state index in [4.69, 9.17) is 10.5 Å². The van der Waals surface area contributed by atoms with Crippen LogP contribution in [0.3, 0.4) is 0 Å². The standard InChI is InChI=1S/C27H38N2O3/c1-6-17(2)25(30)20-9-7-19(8-10-20)24-16-23-26(32-24)22(12-14-29-23)21(11-13-28)15-18(3)27(4,5)31/h7-15,17-18,22-24,26,29,31H,6,16,28H2,1-5H3/b13-11-,21-15+. The molecule has 0 saturated carbocycles. The molecule has 1 saturated heterocycles. The number of fused-ring (bicyclic) bond motifs is 1. The summed E-state index contributed by atoms with van der Waals surface area (Å²) in [6, 6.07) is 8.07. The molecule has 1 aromatic rings. The molecule has 2 aliphatic heterocycles. The number of benzene rings is 1. The maximum atomic E-state index is 12.5. The van der Waals surface area contributed by atoms with Crippen molar-refractivity contribution in [2.45, 2.75) is 71.3 Å². The fourth-order valence-electron chi connectivity index (χ4n) is 4.32. The Morgan fingerprint density at radius 3 is 2.59 bits per heavy atom. The summed E-state index contributed by atoms with van der Waals surface area (Å²) in [6.45, 7) is 9.65. The van der Waals surface area contributed by atoms with E-state index < -0.39 is 5.60 Å². The zero-order valence-corrected chi connectivity index (χ0v) is 19.9. The van der Waals surface area contributed by atoms with Crippen LogP contribution in [0.25, 0.3) is 0 Å². The van der Waals surface area contributed by atoms with Crippen molar-refractivity contribution in [2.24, 2.45) is 23.5 Å². The minimum Gasteiger partial charge on any atom is -0.405 e. The third kappa shape index (κ3) is 5.33. The van der Waals surface area contributed by atoms with Crippen LogP contribution in [0.15, 0.2) is 60.5 Å². The van der Waals surface area contributed by atoms with Crippen LogP contribution in [-0.2, 0) is 4.74 Å². The van der Waals surface area contributed by atoms with Crippen LogP contribution in [0.1, 0.15) is 69.5 Å². The highest BCUT2D eigenvalue weighted by molar-refractivity contribution is 5.97. The van der Waals surface area contributed by atoms with Gasteiger partial charge in [-0.2, -0.15) is 0 Å². The molecule has 3 rings (SSSR count). The predicted octanol–water partition coefficient (Wildman–Crippen LogP) is 4.65. The van der Waals surface area contributed by atoms with E-state index in [1.165, 1.54) is 0 Å². The number of allylic oxidation sites excluding steroid dienone is 1. The van der Waals surface area contributed by atoms with Crippen molar-refractivity contribution in [2.75, 3.05) is 0 Å². The lowest BCUT2D eigenvalue weighted by Crippen LogP contribution is -2.42. The number of rotatable bonds is 8. The van der Waals surface area contributed by atoms with Crippen molar-refractivity contribution in [3.63, 3.8) is 0 Å². The zero-order chi connectivity index (χ0) is 23.5. The molecule has 0 bridgehead atoms. The molecule has 0 radical (unpaired) electrons. The summed E-state index contributed by atoms with van der Waals surface area (Å²) in [7, 11) is 0. The van der Waals surface area contributed by atoms with Gasteiger partial charge in [0.15, 0.2) is 5.78 Å². The van der Waals surface area contributed by atoms with Crippen molar-refractivity contribution in [1.29, 1.82) is 0 Å². The molecule has 6 atom stereocenters. The van der Waals surface area contributed by atoms with Crippen LogP contribution in [0, 0.1) is 17.8 Å². The summed E-state index contributed by atoms with van der Waals surface area (Å²) in [4.78, 5) is 12.5. The number of carbonyl (C=O) groups is 1. The van der Waals surface area contributed by atoms with Gasteiger partial charge in [-0.25, -0.2) is 0 Å². The molecule has 0 aliphatic carbocycles. The number of carbonyl (C=O) groups excluding carboxylic acids is 1. The second-order valence-electron chi connectivity index (χ2n) is 9.75. The van der Waals surface area contributed by atoms with Gasteiger partial charge in [0.1, 0.15) is 0 Å². The van der Waals surface area contributed by atoms with E-state index in [1.54, 1.807) is 6.20 Å². The lowest BCUT2D eigenvalue weighted by molar-refractivity contribution is 0.0199. The Balaban J connectivity index is 1.79. The van der Waals surface area contributed by atoms with E-state index in [-0.39, 0.29) is 41.8 Å². The summed E-state index contributed by atoms with van der Waals surface area (Å²) in [5.41, 5.74) is 7.83. The van der Waals surface area contributed by atoms with E-state index >= 15 is 0 Å². The predicted molar refractivity (Wildman–Crippen MR) is 129 cm³/mol. The Kier molecular flexibility index (Phi) is 7.63. The molecule has 174 valence electrons. The molecule has 5 nitrogen and oxygen atoms in total.